The first-order valence-corrected chi connectivity index (χ1v) is 6.94. The Balaban J connectivity index is 2.01. The molecule has 0 N–H and O–H groups in total. The van der Waals surface area contributed by atoms with Gasteiger partial charge in [-0.15, -0.1) is 10.2 Å². The number of halogens is 1. The number of ether oxygens (including phenoxy) is 1. The van der Waals surface area contributed by atoms with E-state index >= 15 is 0 Å². The summed E-state index contributed by atoms with van der Waals surface area (Å²) >= 11 is 0. The van der Waals surface area contributed by atoms with E-state index < -0.39 is 5.97 Å². The summed E-state index contributed by atoms with van der Waals surface area (Å²) in [6.07, 6.45) is 1.27. The number of carbonyl (C=O) groups excluding carboxylic acids is 1. The highest BCUT2D eigenvalue weighted by Crippen LogP contribution is 2.21. The number of hydrogen-bond acceptors (Lipinski definition) is 7. The van der Waals surface area contributed by atoms with Gasteiger partial charge in [0, 0.05) is 0 Å². The van der Waals surface area contributed by atoms with Gasteiger partial charge in [-0.1, -0.05) is 0 Å². The molecule has 0 saturated carbocycles. The number of methoxy groups -OCH3 is 1. The highest BCUT2D eigenvalue weighted by Gasteiger charge is 2.20. The third kappa shape index (κ3) is 2.16. The number of rotatable bonds is 3. The molecule has 0 unspecified atom stereocenters. The summed E-state index contributed by atoms with van der Waals surface area (Å²) in [5, 5.41) is 16.6. The van der Waals surface area contributed by atoms with E-state index in [9.17, 15) is 9.18 Å². The van der Waals surface area contributed by atoms with Crippen LogP contribution in [0.15, 0.2) is 30.6 Å². The van der Waals surface area contributed by atoms with Gasteiger partial charge in [-0.25, -0.2) is 9.07 Å². The van der Waals surface area contributed by atoms with E-state index in [1.807, 2.05) is 0 Å². The van der Waals surface area contributed by atoms with Crippen molar-refractivity contribution in [2.24, 2.45) is 0 Å². The van der Waals surface area contributed by atoms with Crippen LogP contribution in [-0.2, 0) is 16.0 Å². The van der Waals surface area contributed by atoms with Gasteiger partial charge in [-0.2, -0.15) is 19.7 Å². The molecular formula is C14H10FN7O2. The molecule has 10 heteroatoms. The molecule has 0 aliphatic carbocycles. The molecule has 0 spiro atoms. The maximum absolute atomic E-state index is 13.2. The second-order valence-electron chi connectivity index (χ2n) is 4.93. The molecule has 0 amide bonds. The summed E-state index contributed by atoms with van der Waals surface area (Å²) < 4.78 is 20.9. The summed E-state index contributed by atoms with van der Waals surface area (Å²) in [5.41, 5.74) is 1.83. The van der Waals surface area contributed by atoms with Gasteiger partial charge in [0.05, 0.1) is 19.2 Å². The van der Waals surface area contributed by atoms with Crippen LogP contribution in [0.4, 0.5) is 4.39 Å². The van der Waals surface area contributed by atoms with Crippen LogP contribution in [0, 0.1) is 5.82 Å². The van der Waals surface area contributed by atoms with Crippen LogP contribution in [0.3, 0.4) is 0 Å². The molecule has 0 saturated heterocycles. The topological polar surface area (TPSA) is 100 Å². The van der Waals surface area contributed by atoms with Crippen molar-refractivity contribution in [1.29, 1.82) is 0 Å². The van der Waals surface area contributed by atoms with Crippen molar-refractivity contribution < 1.29 is 13.9 Å². The van der Waals surface area contributed by atoms with Crippen molar-refractivity contribution in [3.8, 4) is 5.69 Å². The molecular weight excluding hydrogens is 317 g/mol. The maximum atomic E-state index is 13.2. The Kier molecular flexibility index (Phi) is 3.15. The van der Waals surface area contributed by atoms with Gasteiger partial charge in [0.1, 0.15) is 17.8 Å². The van der Waals surface area contributed by atoms with E-state index in [0.717, 1.165) is 0 Å². The quantitative estimate of drug-likeness (QED) is 0.511. The highest BCUT2D eigenvalue weighted by molar-refractivity contribution is 5.82. The summed E-state index contributed by atoms with van der Waals surface area (Å²) in [7, 11) is 1.29. The lowest BCUT2D eigenvalue weighted by Gasteiger charge is -2.03. The largest absolute Gasteiger partial charge is 0.469 e. The second-order valence-corrected chi connectivity index (χ2v) is 4.93. The lowest BCUT2D eigenvalue weighted by Crippen LogP contribution is -2.06. The molecule has 120 valence electrons. The SMILES string of the molecule is COC(=O)Cc1nn(-c2ccc(F)cc2)c2c1nnc1ncnn12. The fourth-order valence-electron chi connectivity index (χ4n) is 2.38. The molecule has 0 atom stereocenters. The predicted octanol–water partition coefficient (Wildman–Crippen LogP) is 0.713. The third-order valence-electron chi connectivity index (χ3n) is 3.49. The summed E-state index contributed by atoms with van der Waals surface area (Å²) in [4.78, 5) is 15.6. The first-order valence-electron chi connectivity index (χ1n) is 6.94. The normalized spacial score (nSPS) is 11.2. The zero-order chi connectivity index (χ0) is 16.7. The molecule has 9 nitrogen and oxygen atoms in total. The van der Waals surface area contributed by atoms with Gasteiger partial charge in [0.15, 0.2) is 11.2 Å². The minimum Gasteiger partial charge on any atom is -0.469 e. The molecule has 0 aliphatic heterocycles. The number of benzene rings is 1. The van der Waals surface area contributed by atoms with Gasteiger partial charge in [0.2, 0.25) is 0 Å². The minimum absolute atomic E-state index is 0.0733. The van der Waals surface area contributed by atoms with Crippen molar-refractivity contribution in [3.63, 3.8) is 0 Å². The Bertz CT molecular complexity index is 1050. The Morgan fingerprint density at radius 3 is 2.79 bits per heavy atom. The Morgan fingerprint density at radius 1 is 1.25 bits per heavy atom. The van der Waals surface area contributed by atoms with Gasteiger partial charge in [-0.05, 0) is 24.3 Å². The number of carbonyl (C=O) groups is 1. The molecule has 24 heavy (non-hydrogen) atoms. The van der Waals surface area contributed by atoms with Crippen molar-refractivity contribution in [2.45, 2.75) is 6.42 Å². The minimum atomic E-state index is -0.457. The van der Waals surface area contributed by atoms with Gasteiger partial charge >= 0.3 is 5.97 Å². The third-order valence-corrected chi connectivity index (χ3v) is 3.49. The predicted molar refractivity (Wildman–Crippen MR) is 78.9 cm³/mol. The van der Waals surface area contributed by atoms with Crippen LogP contribution >= 0.6 is 0 Å². The van der Waals surface area contributed by atoms with Crippen molar-refractivity contribution in [1.82, 2.24) is 34.6 Å². The fraction of sp³-hybridized carbons (Fsp3) is 0.143. The fourth-order valence-corrected chi connectivity index (χ4v) is 2.38. The number of nitrogens with zero attached hydrogens (tertiary/aromatic N) is 7. The van der Waals surface area contributed by atoms with E-state index in [2.05, 4.69) is 30.1 Å². The lowest BCUT2D eigenvalue weighted by molar-refractivity contribution is -0.139. The summed E-state index contributed by atoms with van der Waals surface area (Å²) in [5.74, 6) is -0.535. The van der Waals surface area contributed by atoms with E-state index in [1.165, 1.54) is 34.8 Å². The van der Waals surface area contributed by atoms with E-state index in [1.54, 1.807) is 12.1 Å². The average Bonchev–Trinajstić information content (AvgIpc) is 3.20. The van der Waals surface area contributed by atoms with Crippen LogP contribution < -0.4 is 0 Å². The number of aromatic nitrogens is 7. The molecule has 0 bridgehead atoms. The number of esters is 1. The molecule has 0 fully saturated rings. The molecule has 3 heterocycles. The molecule has 0 radical (unpaired) electrons. The zero-order valence-electron chi connectivity index (χ0n) is 12.4. The Labute approximate surface area is 133 Å². The van der Waals surface area contributed by atoms with Crippen molar-refractivity contribution in [2.75, 3.05) is 7.11 Å². The standard InChI is InChI=1S/C14H10FN7O2/c1-24-11(23)6-10-12-13(22-14(19-18-12)16-7-17-22)21(20-10)9-4-2-8(15)3-5-9/h2-5,7H,6H2,1H3. The van der Waals surface area contributed by atoms with Crippen LogP contribution in [-0.4, -0.2) is 47.7 Å². The van der Waals surface area contributed by atoms with E-state index in [-0.39, 0.29) is 18.0 Å². The monoisotopic (exact) mass is 327 g/mol. The van der Waals surface area contributed by atoms with E-state index in [4.69, 9.17) is 0 Å². The van der Waals surface area contributed by atoms with Crippen LogP contribution in [0.25, 0.3) is 22.6 Å². The van der Waals surface area contributed by atoms with E-state index in [0.29, 0.717) is 22.5 Å². The Morgan fingerprint density at radius 2 is 2.04 bits per heavy atom. The van der Waals surface area contributed by atoms with Crippen LogP contribution in [0.5, 0.6) is 0 Å². The highest BCUT2D eigenvalue weighted by atomic mass is 19.1. The maximum Gasteiger partial charge on any atom is 0.311 e. The molecule has 1 aromatic carbocycles. The van der Waals surface area contributed by atoms with Gasteiger partial charge in [0.25, 0.3) is 5.78 Å². The lowest BCUT2D eigenvalue weighted by atomic mass is 10.3. The molecule has 3 aromatic heterocycles. The smallest absolute Gasteiger partial charge is 0.311 e. The van der Waals surface area contributed by atoms with Gasteiger partial charge in [-0.3, -0.25) is 4.79 Å². The van der Waals surface area contributed by atoms with Crippen molar-refractivity contribution >= 4 is 22.9 Å². The molecule has 4 aromatic rings. The zero-order valence-corrected chi connectivity index (χ0v) is 12.4. The van der Waals surface area contributed by atoms with Crippen LogP contribution in [0.1, 0.15) is 5.69 Å². The van der Waals surface area contributed by atoms with Gasteiger partial charge < -0.3 is 4.74 Å². The first-order chi connectivity index (χ1) is 11.7. The van der Waals surface area contributed by atoms with Crippen LogP contribution in [0.2, 0.25) is 0 Å². The molecule has 0 aliphatic rings. The summed E-state index contributed by atoms with van der Waals surface area (Å²) in [6.45, 7) is 0. The Hall–Kier alpha value is -3.43. The second kappa shape index (κ2) is 5.33. The average molecular weight is 327 g/mol. The first kappa shape index (κ1) is 14.2. The number of hydrogen-bond donors (Lipinski definition) is 0. The summed E-state index contributed by atoms with van der Waals surface area (Å²) in [6, 6.07) is 5.76. The molecule has 4 rings (SSSR count). The number of fused-ring (bicyclic) bond motifs is 3. The van der Waals surface area contributed by atoms with Crippen molar-refractivity contribution in [3.05, 3.63) is 42.1 Å².